The molecule has 6 nitrogen and oxygen atoms in total. The molecular weight excluding hydrogens is 372 g/mol. The Morgan fingerprint density at radius 2 is 2.14 bits per heavy atom. The Labute approximate surface area is 172 Å². The van der Waals surface area contributed by atoms with Gasteiger partial charge in [-0.25, -0.2) is 0 Å². The lowest BCUT2D eigenvalue weighted by atomic mass is 10.1. The third kappa shape index (κ3) is 4.41. The number of aromatic nitrogens is 2. The van der Waals surface area contributed by atoms with Gasteiger partial charge in [-0.05, 0) is 56.7 Å². The molecule has 3 heterocycles. The molecule has 2 aromatic rings. The van der Waals surface area contributed by atoms with Crippen LogP contribution in [0.4, 0.5) is 5.00 Å². The first-order valence-corrected chi connectivity index (χ1v) is 10.8. The summed E-state index contributed by atoms with van der Waals surface area (Å²) in [7, 11) is 5.61. The first-order valence-electron chi connectivity index (χ1n) is 10.0. The summed E-state index contributed by atoms with van der Waals surface area (Å²) in [5.41, 5.74) is 4.79. The number of hydrogen-bond acceptors (Lipinski definition) is 5. The highest BCUT2D eigenvalue weighted by molar-refractivity contribution is 7.18. The first kappa shape index (κ1) is 20.9. The molecule has 0 unspecified atom stereocenters. The fourth-order valence-corrected chi connectivity index (χ4v) is 5.11. The quantitative estimate of drug-likeness (QED) is 0.711. The van der Waals surface area contributed by atoms with Gasteiger partial charge in [0.2, 0.25) is 0 Å². The molecule has 154 valence electrons. The molecule has 0 aliphatic carbocycles. The number of ether oxygens (including phenoxy) is 1. The zero-order chi connectivity index (χ0) is 20.3. The number of methoxy groups -OCH3 is 1. The van der Waals surface area contributed by atoms with Crippen molar-refractivity contribution in [1.82, 2.24) is 14.7 Å². The van der Waals surface area contributed by atoms with Gasteiger partial charge in [-0.2, -0.15) is 5.10 Å². The predicted molar refractivity (Wildman–Crippen MR) is 115 cm³/mol. The normalized spacial score (nSPS) is 14.1. The van der Waals surface area contributed by atoms with Crippen molar-refractivity contribution in [2.75, 3.05) is 45.3 Å². The van der Waals surface area contributed by atoms with E-state index in [2.05, 4.69) is 23.0 Å². The van der Waals surface area contributed by atoms with Gasteiger partial charge in [0.25, 0.3) is 5.91 Å². The number of anilines is 1. The topological polar surface area (TPSA) is 50.6 Å². The molecule has 0 saturated heterocycles. The highest BCUT2D eigenvalue weighted by Gasteiger charge is 2.23. The molecule has 0 fully saturated rings. The van der Waals surface area contributed by atoms with E-state index in [9.17, 15) is 4.79 Å². The lowest BCUT2D eigenvalue weighted by molar-refractivity contribution is 0.0801. The van der Waals surface area contributed by atoms with Crippen LogP contribution in [0.2, 0.25) is 0 Å². The minimum absolute atomic E-state index is 0.115. The van der Waals surface area contributed by atoms with Crippen molar-refractivity contribution in [2.45, 2.75) is 39.5 Å². The molecule has 0 N–H and O–H groups in total. The second kappa shape index (κ2) is 9.09. The molecule has 0 atom stereocenters. The maximum Gasteiger partial charge on any atom is 0.263 e. The molecule has 1 aliphatic rings. The maximum atomic E-state index is 13.0. The van der Waals surface area contributed by atoms with E-state index < -0.39 is 0 Å². The Balaban J connectivity index is 1.70. The van der Waals surface area contributed by atoms with Crippen LogP contribution in [0.1, 0.15) is 45.0 Å². The number of likely N-dealkylation sites (N-methyl/N-ethyl adjacent to an activating group) is 1. The van der Waals surface area contributed by atoms with Crippen molar-refractivity contribution in [3.63, 3.8) is 0 Å². The van der Waals surface area contributed by atoms with Crippen LogP contribution in [0.5, 0.6) is 0 Å². The summed E-state index contributed by atoms with van der Waals surface area (Å²) in [6.07, 6.45) is 4.26. The lowest BCUT2D eigenvalue weighted by Crippen LogP contribution is -2.28. The summed E-state index contributed by atoms with van der Waals surface area (Å²) >= 11 is 1.64. The van der Waals surface area contributed by atoms with Gasteiger partial charge < -0.3 is 14.5 Å². The molecule has 0 radical (unpaired) electrons. The number of hydrogen-bond donors (Lipinski definition) is 0. The zero-order valence-corrected chi connectivity index (χ0v) is 18.6. The lowest BCUT2D eigenvalue weighted by Gasteiger charge is -2.22. The Morgan fingerprint density at radius 1 is 1.36 bits per heavy atom. The van der Waals surface area contributed by atoms with Crippen molar-refractivity contribution in [3.05, 3.63) is 33.5 Å². The van der Waals surface area contributed by atoms with Crippen molar-refractivity contribution in [3.8, 4) is 0 Å². The highest BCUT2D eigenvalue weighted by Crippen LogP contribution is 2.35. The molecule has 0 spiro atoms. The summed E-state index contributed by atoms with van der Waals surface area (Å²) in [5.74, 6) is 0.115. The van der Waals surface area contributed by atoms with Crippen LogP contribution in [-0.4, -0.2) is 61.0 Å². The molecule has 0 bridgehead atoms. The van der Waals surface area contributed by atoms with Gasteiger partial charge in [0.05, 0.1) is 22.2 Å². The second-order valence-electron chi connectivity index (χ2n) is 7.63. The molecule has 0 aromatic carbocycles. The number of carbonyl (C=O) groups is 1. The number of carbonyl (C=O) groups excluding carboxylic acids is 1. The smallest absolute Gasteiger partial charge is 0.263 e. The summed E-state index contributed by atoms with van der Waals surface area (Å²) in [4.78, 5) is 18.1. The molecule has 0 saturated carbocycles. The average molecular weight is 405 g/mol. The number of nitrogens with zero attached hydrogens (tertiary/aromatic N) is 4. The highest BCUT2D eigenvalue weighted by atomic mass is 32.1. The largest absolute Gasteiger partial charge is 0.383 e. The third-order valence-electron chi connectivity index (χ3n) is 5.68. The molecule has 28 heavy (non-hydrogen) atoms. The zero-order valence-electron chi connectivity index (χ0n) is 17.7. The maximum absolute atomic E-state index is 13.0. The molecule has 2 aromatic heterocycles. The van der Waals surface area contributed by atoms with Gasteiger partial charge >= 0.3 is 0 Å². The van der Waals surface area contributed by atoms with E-state index in [1.165, 1.54) is 34.7 Å². The number of thiophene rings is 1. The van der Waals surface area contributed by atoms with Crippen molar-refractivity contribution in [1.29, 1.82) is 0 Å². The Kier molecular flexibility index (Phi) is 6.78. The van der Waals surface area contributed by atoms with E-state index in [0.717, 1.165) is 36.5 Å². The van der Waals surface area contributed by atoms with Gasteiger partial charge in [0, 0.05) is 46.5 Å². The van der Waals surface area contributed by atoms with E-state index >= 15 is 0 Å². The van der Waals surface area contributed by atoms with Crippen LogP contribution < -0.4 is 4.90 Å². The van der Waals surface area contributed by atoms with Crippen LogP contribution in [0, 0.1) is 13.8 Å². The monoisotopic (exact) mass is 404 g/mol. The third-order valence-corrected chi connectivity index (χ3v) is 6.90. The van der Waals surface area contributed by atoms with Gasteiger partial charge in [-0.15, -0.1) is 11.3 Å². The summed E-state index contributed by atoms with van der Waals surface area (Å²) < 4.78 is 7.18. The number of rotatable bonds is 7. The molecular formula is C21H32N4O2S. The van der Waals surface area contributed by atoms with E-state index in [4.69, 9.17) is 4.74 Å². The Morgan fingerprint density at radius 3 is 2.82 bits per heavy atom. The van der Waals surface area contributed by atoms with Crippen LogP contribution >= 0.6 is 11.3 Å². The van der Waals surface area contributed by atoms with E-state index in [-0.39, 0.29) is 5.91 Å². The summed E-state index contributed by atoms with van der Waals surface area (Å²) in [6.45, 7) is 7.45. The number of amides is 1. The van der Waals surface area contributed by atoms with E-state index in [1.807, 2.05) is 30.6 Å². The van der Waals surface area contributed by atoms with E-state index in [1.54, 1.807) is 18.4 Å². The number of fused-ring (bicyclic) bond motifs is 1. The number of aryl methyl sites for hydroxylation is 3. The molecule has 3 rings (SSSR count). The predicted octanol–water partition coefficient (Wildman–Crippen LogP) is 3.20. The first-order chi connectivity index (χ1) is 13.4. The molecule has 7 heteroatoms. The van der Waals surface area contributed by atoms with Crippen molar-refractivity contribution >= 4 is 22.2 Å². The molecule has 1 amide bonds. The Hall–Kier alpha value is -1.86. The Bertz CT molecular complexity index is 827. The minimum atomic E-state index is 0.115. The van der Waals surface area contributed by atoms with Crippen LogP contribution in [-0.2, 0) is 24.6 Å². The van der Waals surface area contributed by atoms with Crippen LogP contribution in [0.15, 0.2) is 6.07 Å². The van der Waals surface area contributed by atoms with Crippen LogP contribution in [0.3, 0.4) is 0 Å². The molecule has 1 aliphatic heterocycles. The van der Waals surface area contributed by atoms with Gasteiger partial charge in [0.15, 0.2) is 0 Å². The summed E-state index contributed by atoms with van der Waals surface area (Å²) in [6, 6.07) is 2.12. The standard InChI is InChI=1S/C21H32N4O2S/c1-15-18(16(2)24(4)22-15)9-11-23(3)20(26)19-14-17-8-6-7-10-25(12-13-27-5)21(17)28-19/h14H,6-13H2,1-5H3. The SMILES string of the molecule is COCCN1CCCCc2cc(C(=O)N(C)CCc3c(C)nn(C)c3C)sc21. The fourth-order valence-electron chi connectivity index (χ4n) is 3.85. The fraction of sp³-hybridized carbons (Fsp3) is 0.619. The summed E-state index contributed by atoms with van der Waals surface area (Å²) in [5, 5.41) is 5.73. The average Bonchev–Trinajstić information content (AvgIpc) is 3.13. The van der Waals surface area contributed by atoms with Crippen molar-refractivity contribution < 1.29 is 9.53 Å². The van der Waals surface area contributed by atoms with Gasteiger partial charge in [-0.1, -0.05) is 0 Å². The minimum Gasteiger partial charge on any atom is -0.383 e. The second-order valence-corrected chi connectivity index (χ2v) is 8.66. The van der Waals surface area contributed by atoms with Gasteiger partial charge in [-0.3, -0.25) is 9.48 Å². The van der Waals surface area contributed by atoms with Crippen molar-refractivity contribution in [2.24, 2.45) is 7.05 Å². The van der Waals surface area contributed by atoms with Gasteiger partial charge in [0.1, 0.15) is 0 Å². The van der Waals surface area contributed by atoms with E-state index in [0.29, 0.717) is 13.2 Å². The van der Waals surface area contributed by atoms with Crippen LogP contribution in [0.25, 0.3) is 0 Å².